The van der Waals surface area contributed by atoms with E-state index in [-0.39, 0.29) is 30.9 Å². The number of fused-ring (bicyclic) bond motifs is 1. The van der Waals surface area contributed by atoms with Crippen LogP contribution in [0.2, 0.25) is 0 Å². The molecule has 0 unspecified atom stereocenters. The van der Waals surface area contributed by atoms with Crippen LogP contribution in [-0.2, 0) is 9.59 Å². The molecule has 6 nitrogen and oxygen atoms in total. The number of benzene rings is 1. The molecule has 0 spiro atoms. The van der Waals surface area contributed by atoms with Crippen LogP contribution in [0.3, 0.4) is 0 Å². The van der Waals surface area contributed by atoms with Gasteiger partial charge in [-0.25, -0.2) is 0 Å². The topological polar surface area (TPSA) is 65.8 Å². The van der Waals surface area contributed by atoms with Gasteiger partial charge in [-0.15, -0.1) is 0 Å². The van der Waals surface area contributed by atoms with Crippen molar-refractivity contribution < 1.29 is 14.0 Å². The van der Waals surface area contributed by atoms with Gasteiger partial charge in [0.2, 0.25) is 11.8 Å². The third-order valence-electron chi connectivity index (χ3n) is 4.29. The number of rotatable bonds is 4. The van der Waals surface area contributed by atoms with Crippen LogP contribution in [0.5, 0.6) is 0 Å². The molecule has 2 amide bonds. The summed E-state index contributed by atoms with van der Waals surface area (Å²) in [5, 5.41) is 3.78. The minimum absolute atomic E-state index is 0.0232. The maximum absolute atomic E-state index is 12.3. The first-order chi connectivity index (χ1) is 11.0. The molecular weight excluding hydrogens is 294 g/mol. The maximum atomic E-state index is 12.3. The summed E-state index contributed by atoms with van der Waals surface area (Å²) in [6.45, 7) is 3.50. The van der Waals surface area contributed by atoms with Crippen molar-refractivity contribution in [2.75, 3.05) is 33.2 Å². The van der Waals surface area contributed by atoms with Crippen LogP contribution in [0, 0.1) is 0 Å². The SMILES string of the molecule is C[C@@H](c1cc2ccccc2o1)N(C)CC(=O)N1CCNC(=O)C1. The number of carbonyl (C=O) groups excluding carboxylic acids is 2. The molecule has 23 heavy (non-hydrogen) atoms. The summed E-state index contributed by atoms with van der Waals surface area (Å²) < 4.78 is 5.86. The van der Waals surface area contributed by atoms with Gasteiger partial charge in [0.1, 0.15) is 11.3 Å². The molecule has 1 aromatic heterocycles. The van der Waals surface area contributed by atoms with E-state index in [1.54, 1.807) is 4.90 Å². The number of nitrogens with one attached hydrogen (secondary N) is 1. The zero-order valence-corrected chi connectivity index (χ0v) is 13.4. The van der Waals surface area contributed by atoms with E-state index in [2.05, 4.69) is 5.32 Å². The molecule has 1 saturated heterocycles. The van der Waals surface area contributed by atoms with Crippen LogP contribution in [0.15, 0.2) is 34.7 Å². The average Bonchev–Trinajstić information content (AvgIpc) is 2.98. The lowest BCUT2D eigenvalue weighted by atomic mass is 10.2. The summed E-state index contributed by atoms with van der Waals surface area (Å²) >= 11 is 0. The first-order valence-corrected chi connectivity index (χ1v) is 7.78. The molecule has 0 aliphatic carbocycles. The highest BCUT2D eigenvalue weighted by atomic mass is 16.3. The summed E-state index contributed by atoms with van der Waals surface area (Å²) in [4.78, 5) is 27.3. The maximum Gasteiger partial charge on any atom is 0.239 e. The monoisotopic (exact) mass is 315 g/mol. The summed E-state index contributed by atoms with van der Waals surface area (Å²) in [6.07, 6.45) is 0. The van der Waals surface area contributed by atoms with E-state index in [9.17, 15) is 9.59 Å². The lowest BCUT2D eigenvalue weighted by molar-refractivity contribution is -0.139. The van der Waals surface area contributed by atoms with Gasteiger partial charge in [0.25, 0.3) is 0 Å². The largest absolute Gasteiger partial charge is 0.459 e. The van der Waals surface area contributed by atoms with Crippen molar-refractivity contribution in [1.82, 2.24) is 15.1 Å². The van der Waals surface area contributed by atoms with Gasteiger partial charge in [-0.2, -0.15) is 0 Å². The van der Waals surface area contributed by atoms with Crippen molar-refractivity contribution >= 4 is 22.8 Å². The van der Waals surface area contributed by atoms with E-state index >= 15 is 0 Å². The van der Waals surface area contributed by atoms with Crippen molar-refractivity contribution in [3.8, 4) is 0 Å². The Hall–Kier alpha value is -2.34. The molecule has 1 atom stereocenters. The molecule has 1 aliphatic rings. The Kier molecular flexibility index (Phi) is 4.34. The summed E-state index contributed by atoms with van der Waals surface area (Å²) in [5.41, 5.74) is 0.849. The van der Waals surface area contributed by atoms with Crippen molar-refractivity contribution in [3.63, 3.8) is 0 Å². The first-order valence-electron chi connectivity index (χ1n) is 7.78. The number of hydrogen-bond acceptors (Lipinski definition) is 4. The van der Waals surface area contributed by atoms with Crippen molar-refractivity contribution in [2.45, 2.75) is 13.0 Å². The second-order valence-corrected chi connectivity index (χ2v) is 5.94. The summed E-state index contributed by atoms with van der Waals surface area (Å²) in [7, 11) is 1.89. The second-order valence-electron chi connectivity index (χ2n) is 5.94. The van der Waals surface area contributed by atoms with E-state index < -0.39 is 0 Å². The number of amides is 2. The normalized spacial score (nSPS) is 16.7. The molecule has 0 radical (unpaired) electrons. The van der Waals surface area contributed by atoms with Crippen LogP contribution in [0.1, 0.15) is 18.7 Å². The van der Waals surface area contributed by atoms with Crippen LogP contribution < -0.4 is 5.32 Å². The van der Waals surface area contributed by atoms with Crippen LogP contribution in [0.4, 0.5) is 0 Å². The molecule has 1 aromatic carbocycles. The number of carbonyl (C=O) groups is 2. The van der Waals surface area contributed by atoms with Gasteiger partial charge >= 0.3 is 0 Å². The predicted molar refractivity (Wildman–Crippen MR) is 86.8 cm³/mol. The number of nitrogens with zero attached hydrogens (tertiary/aromatic N) is 2. The predicted octanol–water partition coefficient (Wildman–Crippen LogP) is 1.38. The van der Waals surface area contributed by atoms with E-state index in [0.717, 1.165) is 16.7 Å². The first kappa shape index (κ1) is 15.6. The molecule has 0 bridgehead atoms. The van der Waals surface area contributed by atoms with Crippen LogP contribution in [-0.4, -0.2) is 54.8 Å². The van der Waals surface area contributed by atoms with Gasteiger partial charge in [-0.05, 0) is 26.1 Å². The highest BCUT2D eigenvalue weighted by molar-refractivity contribution is 5.86. The molecule has 2 aromatic rings. The summed E-state index contributed by atoms with van der Waals surface area (Å²) in [5.74, 6) is 0.695. The van der Waals surface area contributed by atoms with Crippen molar-refractivity contribution in [2.24, 2.45) is 0 Å². The Balaban J connectivity index is 1.65. The number of para-hydroxylation sites is 1. The molecule has 0 saturated carbocycles. The Morgan fingerprint density at radius 3 is 2.96 bits per heavy atom. The molecule has 2 heterocycles. The van der Waals surface area contributed by atoms with Crippen LogP contribution in [0.25, 0.3) is 11.0 Å². The molecule has 1 aliphatic heterocycles. The van der Waals surface area contributed by atoms with E-state index in [1.807, 2.05) is 49.2 Å². The third kappa shape index (κ3) is 3.37. The Morgan fingerprint density at radius 1 is 1.43 bits per heavy atom. The number of likely N-dealkylation sites (N-methyl/N-ethyl adjacent to an activating group) is 1. The van der Waals surface area contributed by atoms with Gasteiger partial charge < -0.3 is 14.6 Å². The molecule has 122 valence electrons. The van der Waals surface area contributed by atoms with Crippen molar-refractivity contribution in [1.29, 1.82) is 0 Å². The fourth-order valence-corrected chi connectivity index (χ4v) is 2.73. The van der Waals surface area contributed by atoms with Gasteiger partial charge in [0.05, 0.1) is 19.1 Å². The standard InChI is InChI=1S/C17H21N3O3/c1-12(15-9-13-5-3-4-6-14(13)23-15)19(2)11-17(22)20-8-7-18-16(21)10-20/h3-6,9,12H,7-8,10-11H2,1-2H3,(H,18,21)/t12-/m0/s1. The average molecular weight is 315 g/mol. The molecule has 6 heteroatoms. The fraction of sp³-hybridized carbons (Fsp3) is 0.412. The lowest BCUT2D eigenvalue weighted by Crippen LogP contribution is -2.52. The van der Waals surface area contributed by atoms with E-state index in [0.29, 0.717) is 13.1 Å². The molecular formula is C17H21N3O3. The Labute approximate surface area is 135 Å². The molecule has 1 fully saturated rings. The third-order valence-corrected chi connectivity index (χ3v) is 4.29. The smallest absolute Gasteiger partial charge is 0.239 e. The fourth-order valence-electron chi connectivity index (χ4n) is 2.73. The Morgan fingerprint density at radius 2 is 2.22 bits per heavy atom. The summed E-state index contributed by atoms with van der Waals surface area (Å²) in [6, 6.07) is 9.84. The Bertz CT molecular complexity index is 692. The quantitative estimate of drug-likeness (QED) is 0.926. The number of piperazine rings is 1. The van der Waals surface area contributed by atoms with Crippen LogP contribution >= 0.6 is 0 Å². The van der Waals surface area contributed by atoms with E-state index in [1.165, 1.54) is 0 Å². The molecule has 1 N–H and O–H groups in total. The van der Waals surface area contributed by atoms with Gasteiger partial charge in [0, 0.05) is 18.5 Å². The zero-order valence-electron chi connectivity index (χ0n) is 13.4. The number of furan rings is 1. The highest BCUT2D eigenvalue weighted by Gasteiger charge is 2.24. The van der Waals surface area contributed by atoms with Gasteiger partial charge in [-0.1, -0.05) is 18.2 Å². The second kappa shape index (κ2) is 6.42. The van der Waals surface area contributed by atoms with Gasteiger partial charge in [0.15, 0.2) is 0 Å². The van der Waals surface area contributed by atoms with Gasteiger partial charge in [-0.3, -0.25) is 14.5 Å². The number of hydrogen-bond donors (Lipinski definition) is 1. The lowest BCUT2D eigenvalue weighted by Gasteiger charge is -2.30. The van der Waals surface area contributed by atoms with Crippen molar-refractivity contribution in [3.05, 3.63) is 36.1 Å². The highest BCUT2D eigenvalue weighted by Crippen LogP contribution is 2.26. The van der Waals surface area contributed by atoms with E-state index in [4.69, 9.17) is 4.42 Å². The molecule has 3 rings (SSSR count). The zero-order chi connectivity index (χ0) is 16.4. The minimum atomic E-state index is -0.0995. The minimum Gasteiger partial charge on any atom is -0.459 e.